The maximum atomic E-state index is 13.2. The van der Waals surface area contributed by atoms with Crippen LogP contribution in [-0.2, 0) is 4.79 Å². The molecule has 0 saturated carbocycles. The Balaban J connectivity index is 1.68. The molecule has 0 fully saturated rings. The zero-order valence-electron chi connectivity index (χ0n) is 19.3. The number of nitrogens with one attached hydrogen (secondary N) is 1. The predicted molar refractivity (Wildman–Crippen MR) is 145 cm³/mol. The number of aromatic nitrogens is 1. The number of rotatable bonds is 7. The van der Waals surface area contributed by atoms with Crippen molar-refractivity contribution in [3.05, 3.63) is 89.1 Å². The molecule has 1 amide bonds. The number of carboxylic acid groups (broad SMARTS) is 1. The van der Waals surface area contributed by atoms with Crippen LogP contribution in [0, 0.1) is 6.92 Å². The SMILES string of the molecule is Cc1ccc(-c2sc(-c3ccc(SC(C)(C)C(=O)O)cc3)nc2C(=O)Nc2ccc(Cl)cc2)cc1. The van der Waals surface area contributed by atoms with Crippen LogP contribution in [0.5, 0.6) is 0 Å². The number of hydrogen-bond donors (Lipinski definition) is 2. The molecule has 0 atom stereocenters. The summed E-state index contributed by atoms with van der Waals surface area (Å²) in [5.41, 5.74) is 3.87. The largest absolute Gasteiger partial charge is 0.480 e. The van der Waals surface area contributed by atoms with E-state index in [-0.39, 0.29) is 5.91 Å². The fraction of sp³-hybridized carbons (Fsp3) is 0.148. The highest BCUT2D eigenvalue weighted by Crippen LogP contribution is 2.38. The van der Waals surface area contributed by atoms with Gasteiger partial charge in [0.15, 0.2) is 0 Å². The molecule has 1 aromatic heterocycles. The lowest BCUT2D eigenvalue weighted by atomic mass is 10.1. The zero-order valence-corrected chi connectivity index (χ0v) is 21.7. The lowest BCUT2D eigenvalue weighted by Crippen LogP contribution is -2.26. The molecule has 4 aromatic rings. The van der Waals surface area contributed by atoms with E-state index < -0.39 is 10.7 Å². The molecule has 5 nitrogen and oxygen atoms in total. The fourth-order valence-electron chi connectivity index (χ4n) is 3.23. The number of nitrogens with zero attached hydrogens (tertiary/aromatic N) is 1. The number of hydrogen-bond acceptors (Lipinski definition) is 5. The van der Waals surface area contributed by atoms with E-state index >= 15 is 0 Å². The van der Waals surface area contributed by atoms with Gasteiger partial charge in [0.1, 0.15) is 15.4 Å². The van der Waals surface area contributed by atoms with E-state index in [0.29, 0.717) is 21.4 Å². The van der Waals surface area contributed by atoms with Crippen LogP contribution in [0.15, 0.2) is 77.7 Å². The second-order valence-corrected chi connectivity index (χ2v) is 11.6. The molecular weight excluding hydrogens is 500 g/mol. The standard InChI is InChI=1S/C27H23ClN2O3S2/c1-16-4-6-17(7-5-16)23-22(24(31)29-20-12-10-19(28)11-13-20)30-25(34-23)18-8-14-21(15-9-18)35-27(2,3)26(32)33/h4-15H,1-3H3,(H,29,31)(H,32,33). The van der Waals surface area contributed by atoms with E-state index in [2.05, 4.69) is 5.32 Å². The molecule has 0 radical (unpaired) electrons. The molecule has 35 heavy (non-hydrogen) atoms. The van der Waals surface area contributed by atoms with Gasteiger partial charge in [0, 0.05) is 21.2 Å². The van der Waals surface area contributed by atoms with E-state index in [1.807, 2.05) is 55.5 Å². The number of thiazole rings is 1. The molecule has 8 heteroatoms. The number of aryl methyl sites for hydroxylation is 1. The molecule has 4 rings (SSSR count). The highest BCUT2D eigenvalue weighted by atomic mass is 35.5. The van der Waals surface area contributed by atoms with E-state index in [0.717, 1.165) is 26.5 Å². The molecule has 2 N–H and O–H groups in total. The third kappa shape index (κ3) is 5.93. The van der Waals surface area contributed by atoms with Crippen molar-refractivity contribution in [2.45, 2.75) is 30.4 Å². The maximum Gasteiger partial charge on any atom is 0.319 e. The van der Waals surface area contributed by atoms with Crippen LogP contribution in [0.1, 0.15) is 29.9 Å². The maximum absolute atomic E-state index is 13.2. The first-order valence-electron chi connectivity index (χ1n) is 10.8. The van der Waals surface area contributed by atoms with Gasteiger partial charge in [-0.3, -0.25) is 9.59 Å². The lowest BCUT2D eigenvalue weighted by Gasteiger charge is -2.18. The Labute approximate surface area is 217 Å². The number of carbonyl (C=O) groups excluding carboxylic acids is 1. The Kier molecular flexibility index (Phi) is 7.31. The second kappa shape index (κ2) is 10.2. The molecule has 0 spiro atoms. The summed E-state index contributed by atoms with van der Waals surface area (Å²) < 4.78 is -0.936. The van der Waals surface area contributed by atoms with Gasteiger partial charge in [0.25, 0.3) is 5.91 Å². The minimum absolute atomic E-state index is 0.305. The minimum atomic E-state index is -0.936. The first-order valence-corrected chi connectivity index (χ1v) is 12.8. The molecular formula is C27H23ClN2O3S2. The Morgan fingerprint density at radius 2 is 1.54 bits per heavy atom. The van der Waals surface area contributed by atoms with Gasteiger partial charge >= 0.3 is 5.97 Å². The van der Waals surface area contributed by atoms with Crippen molar-refractivity contribution in [2.75, 3.05) is 5.32 Å². The summed E-state index contributed by atoms with van der Waals surface area (Å²) >= 11 is 8.69. The van der Waals surface area contributed by atoms with Crippen molar-refractivity contribution in [1.82, 2.24) is 4.98 Å². The number of anilines is 1. The number of halogens is 1. The predicted octanol–water partition coefficient (Wildman–Crippen LogP) is 7.65. The summed E-state index contributed by atoms with van der Waals surface area (Å²) in [6.45, 7) is 5.36. The van der Waals surface area contributed by atoms with Gasteiger partial charge in [0.05, 0.1) is 4.88 Å². The average Bonchev–Trinajstić information content (AvgIpc) is 3.27. The summed E-state index contributed by atoms with van der Waals surface area (Å²) in [6.07, 6.45) is 0. The molecule has 0 aliphatic heterocycles. The quantitative estimate of drug-likeness (QED) is 0.244. The van der Waals surface area contributed by atoms with Crippen molar-refractivity contribution in [1.29, 1.82) is 0 Å². The monoisotopic (exact) mass is 522 g/mol. The van der Waals surface area contributed by atoms with Crippen molar-refractivity contribution in [3.63, 3.8) is 0 Å². The van der Waals surface area contributed by atoms with Crippen molar-refractivity contribution < 1.29 is 14.7 Å². The Morgan fingerprint density at radius 1 is 0.943 bits per heavy atom. The van der Waals surface area contributed by atoms with Crippen molar-refractivity contribution in [2.24, 2.45) is 0 Å². The smallest absolute Gasteiger partial charge is 0.319 e. The van der Waals surface area contributed by atoms with Crippen LogP contribution in [-0.4, -0.2) is 26.7 Å². The van der Waals surface area contributed by atoms with E-state index in [1.54, 1.807) is 38.1 Å². The minimum Gasteiger partial charge on any atom is -0.480 e. The molecule has 0 unspecified atom stereocenters. The molecule has 0 aliphatic rings. The van der Waals surface area contributed by atoms with Gasteiger partial charge in [-0.25, -0.2) is 4.98 Å². The van der Waals surface area contributed by atoms with Crippen molar-refractivity contribution in [3.8, 4) is 21.0 Å². The summed E-state index contributed by atoms with van der Waals surface area (Å²) in [5, 5.41) is 13.6. The summed E-state index contributed by atoms with van der Waals surface area (Å²) in [7, 11) is 0. The zero-order chi connectivity index (χ0) is 25.2. The Morgan fingerprint density at radius 3 is 2.14 bits per heavy atom. The normalized spacial score (nSPS) is 11.3. The van der Waals surface area contributed by atoms with E-state index in [9.17, 15) is 14.7 Å². The highest BCUT2D eigenvalue weighted by molar-refractivity contribution is 8.01. The number of thioether (sulfide) groups is 1. The van der Waals surface area contributed by atoms with Gasteiger partial charge in [-0.2, -0.15) is 0 Å². The van der Waals surface area contributed by atoms with Gasteiger partial charge in [-0.05, 0) is 62.7 Å². The molecule has 3 aromatic carbocycles. The summed E-state index contributed by atoms with van der Waals surface area (Å²) in [6, 6.07) is 22.5. The lowest BCUT2D eigenvalue weighted by molar-refractivity contribution is -0.138. The third-order valence-corrected chi connectivity index (χ3v) is 7.85. The molecule has 178 valence electrons. The van der Waals surface area contributed by atoms with Crippen LogP contribution in [0.4, 0.5) is 5.69 Å². The highest BCUT2D eigenvalue weighted by Gasteiger charge is 2.28. The first kappa shape index (κ1) is 25.0. The molecule has 0 aliphatic carbocycles. The second-order valence-electron chi connectivity index (χ2n) is 8.47. The number of benzene rings is 3. The van der Waals surface area contributed by atoms with Crippen LogP contribution in [0.25, 0.3) is 21.0 Å². The van der Waals surface area contributed by atoms with Gasteiger partial charge < -0.3 is 10.4 Å². The molecule has 1 heterocycles. The van der Waals surface area contributed by atoms with Crippen LogP contribution >= 0.6 is 34.7 Å². The molecule has 0 saturated heterocycles. The summed E-state index contributed by atoms with van der Waals surface area (Å²) in [4.78, 5) is 31.0. The van der Waals surface area contributed by atoms with Gasteiger partial charge in [-0.15, -0.1) is 23.1 Å². The number of carbonyl (C=O) groups is 2. The van der Waals surface area contributed by atoms with Gasteiger partial charge in [-0.1, -0.05) is 53.6 Å². The van der Waals surface area contributed by atoms with E-state index in [4.69, 9.17) is 16.6 Å². The fourth-order valence-corrected chi connectivity index (χ4v) is 5.37. The van der Waals surface area contributed by atoms with Crippen LogP contribution in [0.3, 0.4) is 0 Å². The number of carboxylic acids is 1. The Hall–Kier alpha value is -3.13. The number of amides is 1. The van der Waals surface area contributed by atoms with Crippen molar-refractivity contribution >= 4 is 52.3 Å². The summed E-state index contributed by atoms with van der Waals surface area (Å²) in [5.74, 6) is -1.17. The Bertz CT molecular complexity index is 1360. The first-order chi connectivity index (χ1) is 16.6. The van der Waals surface area contributed by atoms with Gasteiger partial charge in [0.2, 0.25) is 0 Å². The topological polar surface area (TPSA) is 79.3 Å². The molecule has 0 bridgehead atoms. The van der Waals surface area contributed by atoms with Crippen LogP contribution in [0.2, 0.25) is 5.02 Å². The van der Waals surface area contributed by atoms with Crippen LogP contribution < -0.4 is 5.32 Å². The average molecular weight is 523 g/mol. The third-order valence-electron chi connectivity index (χ3n) is 5.25. The number of aliphatic carboxylic acids is 1. The van der Waals surface area contributed by atoms with E-state index in [1.165, 1.54) is 23.1 Å².